The minimum Gasteiger partial charge on any atom is -0.323 e. The predicted molar refractivity (Wildman–Crippen MR) is 117 cm³/mol. The molecule has 4 nitrogen and oxygen atoms in total. The van der Waals surface area contributed by atoms with E-state index in [9.17, 15) is 4.79 Å². The molecular weight excluding hydrogens is 390 g/mol. The van der Waals surface area contributed by atoms with E-state index < -0.39 is 0 Å². The van der Waals surface area contributed by atoms with E-state index >= 15 is 0 Å². The van der Waals surface area contributed by atoms with Gasteiger partial charge in [-0.2, -0.15) is 0 Å². The number of benzene rings is 2. The standard InChI is InChI=1S/C22H24ClN3OS/c1-14-11-15(2)21(16(23)12-14)25-20(27)13-26-10-6-5-8-18(26)22-24-17-7-3-4-9-19(17)28-22/h3-4,7,9,11-12,18H,5-6,8,10,13H2,1-2H3,(H,25,27)/t18-/m0/s1. The van der Waals surface area contributed by atoms with Gasteiger partial charge in [0, 0.05) is 0 Å². The summed E-state index contributed by atoms with van der Waals surface area (Å²) >= 11 is 8.09. The van der Waals surface area contributed by atoms with Crippen molar-refractivity contribution in [1.82, 2.24) is 9.88 Å². The Bertz CT molecular complexity index is 960. The highest BCUT2D eigenvalue weighted by atomic mass is 35.5. The molecule has 6 heteroatoms. The Labute approximate surface area is 174 Å². The number of aromatic nitrogens is 1. The highest BCUT2D eigenvalue weighted by Gasteiger charge is 2.28. The number of halogens is 1. The Hall–Kier alpha value is -1.95. The fraction of sp³-hybridized carbons (Fsp3) is 0.364. The number of carbonyl (C=O) groups is 1. The van der Waals surface area contributed by atoms with E-state index in [0.29, 0.717) is 17.3 Å². The van der Waals surface area contributed by atoms with Gasteiger partial charge in [-0.15, -0.1) is 11.3 Å². The van der Waals surface area contributed by atoms with Gasteiger partial charge in [0.05, 0.1) is 33.5 Å². The number of likely N-dealkylation sites (tertiary alicyclic amines) is 1. The van der Waals surface area contributed by atoms with Crippen molar-refractivity contribution in [2.45, 2.75) is 39.2 Å². The second kappa shape index (κ2) is 8.19. The summed E-state index contributed by atoms with van der Waals surface area (Å²) in [5.74, 6) is -0.0261. The molecule has 28 heavy (non-hydrogen) atoms. The molecule has 3 aromatic rings. The first-order chi connectivity index (χ1) is 13.5. The molecule has 2 aromatic carbocycles. The number of carbonyl (C=O) groups excluding carboxylic acids is 1. The zero-order valence-electron chi connectivity index (χ0n) is 16.2. The van der Waals surface area contributed by atoms with Gasteiger partial charge >= 0.3 is 0 Å². The number of fused-ring (bicyclic) bond motifs is 1. The Morgan fingerprint density at radius 3 is 2.89 bits per heavy atom. The summed E-state index contributed by atoms with van der Waals surface area (Å²) in [6.07, 6.45) is 3.32. The molecule has 1 saturated heterocycles. The number of anilines is 1. The molecule has 1 aliphatic heterocycles. The maximum Gasteiger partial charge on any atom is 0.238 e. The SMILES string of the molecule is Cc1cc(C)c(NC(=O)CN2CCCC[C@H]2c2nc3ccccc3s2)c(Cl)c1. The molecule has 1 aromatic heterocycles. The second-order valence-electron chi connectivity index (χ2n) is 7.49. The average Bonchev–Trinajstić information content (AvgIpc) is 3.09. The van der Waals surface area contributed by atoms with Gasteiger partial charge in [0.15, 0.2) is 0 Å². The van der Waals surface area contributed by atoms with E-state index in [4.69, 9.17) is 16.6 Å². The summed E-state index contributed by atoms with van der Waals surface area (Å²) in [7, 11) is 0. The number of amides is 1. The minimum absolute atomic E-state index is 0.0261. The number of para-hydroxylation sites is 1. The molecule has 1 aliphatic rings. The van der Waals surface area contributed by atoms with Crippen LogP contribution >= 0.6 is 22.9 Å². The molecule has 1 N–H and O–H groups in total. The van der Waals surface area contributed by atoms with E-state index in [1.807, 2.05) is 38.1 Å². The lowest BCUT2D eigenvalue weighted by atomic mass is 10.0. The van der Waals surface area contributed by atoms with Crippen LogP contribution in [-0.2, 0) is 4.79 Å². The highest BCUT2D eigenvalue weighted by molar-refractivity contribution is 7.18. The number of hydrogen-bond acceptors (Lipinski definition) is 4. The second-order valence-corrected chi connectivity index (χ2v) is 8.96. The largest absolute Gasteiger partial charge is 0.323 e. The van der Waals surface area contributed by atoms with Crippen molar-refractivity contribution in [3.05, 3.63) is 57.6 Å². The van der Waals surface area contributed by atoms with Gasteiger partial charge in [-0.05, 0) is 62.6 Å². The van der Waals surface area contributed by atoms with Crippen molar-refractivity contribution in [3.63, 3.8) is 0 Å². The molecule has 0 spiro atoms. The molecule has 1 fully saturated rings. The molecule has 146 valence electrons. The van der Waals surface area contributed by atoms with Crippen LogP contribution in [0.1, 0.15) is 41.4 Å². The van der Waals surface area contributed by atoms with Crippen LogP contribution < -0.4 is 5.32 Å². The molecule has 1 atom stereocenters. The van der Waals surface area contributed by atoms with Crippen molar-refractivity contribution in [2.24, 2.45) is 0 Å². The molecule has 4 rings (SSSR count). The van der Waals surface area contributed by atoms with Crippen molar-refractivity contribution in [1.29, 1.82) is 0 Å². The molecule has 0 unspecified atom stereocenters. The normalized spacial score (nSPS) is 17.8. The van der Waals surface area contributed by atoms with Gasteiger partial charge in [0.2, 0.25) is 5.91 Å². The van der Waals surface area contributed by atoms with Gasteiger partial charge in [-0.25, -0.2) is 4.98 Å². The van der Waals surface area contributed by atoms with E-state index in [1.54, 1.807) is 11.3 Å². The van der Waals surface area contributed by atoms with Crippen LogP contribution in [0.2, 0.25) is 5.02 Å². The molecule has 0 bridgehead atoms. The van der Waals surface area contributed by atoms with Crippen LogP contribution in [0.15, 0.2) is 36.4 Å². The average molecular weight is 414 g/mol. The number of rotatable bonds is 4. The molecule has 2 heterocycles. The Morgan fingerprint density at radius 2 is 2.11 bits per heavy atom. The zero-order valence-corrected chi connectivity index (χ0v) is 17.7. The number of nitrogens with one attached hydrogen (secondary N) is 1. The summed E-state index contributed by atoms with van der Waals surface area (Å²) in [5, 5.41) is 4.72. The summed E-state index contributed by atoms with van der Waals surface area (Å²) in [6.45, 7) is 5.24. The van der Waals surface area contributed by atoms with Gasteiger partial charge in [0.1, 0.15) is 5.01 Å². The van der Waals surface area contributed by atoms with Gasteiger partial charge in [-0.1, -0.05) is 36.2 Å². The van der Waals surface area contributed by atoms with Crippen LogP contribution in [-0.4, -0.2) is 28.9 Å². The third kappa shape index (κ3) is 4.07. The zero-order chi connectivity index (χ0) is 19.7. The maximum atomic E-state index is 12.8. The van der Waals surface area contributed by atoms with Crippen molar-refractivity contribution >= 4 is 44.7 Å². The Kier molecular flexibility index (Phi) is 5.67. The smallest absolute Gasteiger partial charge is 0.238 e. The monoisotopic (exact) mass is 413 g/mol. The molecule has 0 radical (unpaired) electrons. The third-order valence-corrected chi connectivity index (χ3v) is 6.69. The fourth-order valence-corrected chi connectivity index (χ4v) is 5.44. The molecular formula is C22H24ClN3OS. The van der Waals surface area contributed by atoms with Crippen LogP contribution in [0, 0.1) is 13.8 Å². The summed E-state index contributed by atoms with van der Waals surface area (Å²) in [4.78, 5) is 19.9. The van der Waals surface area contributed by atoms with Crippen LogP contribution in [0.3, 0.4) is 0 Å². The van der Waals surface area contributed by atoms with E-state index in [0.717, 1.165) is 41.0 Å². The quantitative estimate of drug-likeness (QED) is 0.593. The van der Waals surface area contributed by atoms with Crippen molar-refractivity contribution < 1.29 is 4.79 Å². The minimum atomic E-state index is -0.0261. The lowest BCUT2D eigenvalue weighted by Gasteiger charge is -2.33. The number of nitrogens with zero attached hydrogens (tertiary/aromatic N) is 2. The Morgan fingerprint density at radius 1 is 1.29 bits per heavy atom. The first-order valence-corrected chi connectivity index (χ1v) is 10.9. The molecule has 0 aliphatic carbocycles. The van der Waals surface area contributed by atoms with Crippen LogP contribution in [0.25, 0.3) is 10.2 Å². The summed E-state index contributed by atoms with van der Waals surface area (Å²) in [5.41, 5.74) is 3.83. The number of hydrogen-bond donors (Lipinski definition) is 1. The Balaban J connectivity index is 1.51. The topological polar surface area (TPSA) is 45.2 Å². The first-order valence-electron chi connectivity index (χ1n) is 9.67. The molecule has 1 amide bonds. The fourth-order valence-electron chi connectivity index (χ4n) is 3.93. The van der Waals surface area contributed by atoms with Crippen LogP contribution in [0.5, 0.6) is 0 Å². The van der Waals surface area contributed by atoms with Gasteiger partial charge in [0.25, 0.3) is 0 Å². The first kappa shape index (κ1) is 19.4. The van der Waals surface area contributed by atoms with Crippen LogP contribution in [0.4, 0.5) is 5.69 Å². The van der Waals surface area contributed by atoms with Crippen molar-refractivity contribution in [3.8, 4) is 0 Å². The van der Waals surface area contributed by atoms with Gasteiger partial charge in [-0.3, -0.25) is 9.69 Å². The number of thiazole rings is 1. The highest BCUT2D eigenvalue weighted by Crippen LogP contribution is 2.35. The van der Waals surface area contributed by atoms with E-state index in [-0.39, 0.29) is 11.9 Å². The van der Waals surface area contributed by atoms with Gasteiger partial charge < -0.3 is 5.32 Å². The summed E-state index contributed by atoms with van der Waals surface area (Å²) in [6, 6.07) is 12.3. The summed E-state index contributed by atoms with van der Waals surface area (Å²) < 4.78 is 1.20. The predicted octanol–water partition coefficient (Wildman–Crippen LogP) is 5.73. The molecule has 0 saturated carbocycles. The van der Waals surface area contributed by atoms with E-state index in [1.165, 1.54) is 11.1 Å². The lowest BCUT2D eigenvalue weighted by molar-refractivity contribution is -0.118. The van der Waals surface area contributed by atoms with Crippen molar-refractivity contribution in [2.75, 3.05) is 18.4 Å². The third-order valence-electron chi connectivity index (χ3n) is 5.25. The van der Waals surface area contributed by atoms with E-state index in [2.05, 4.69) is 22.3 Å². The number of piperidine rings is 1. The lowest BCUT2D eigenvalue weighted by Crippen LogP contribution is -2.39. The number of aryl methyl sites for hydroxylation is 2. The maximum absolute atomic E-state index is 12.8.